The lowest BCUT2D eigenvalue weighted by atomic mass is 10.0. The summed E-state index contributed by atoms with van der Waals surface area (Å²) in [5.41, 5.74) is 3.30. The number of hydrogen-bond acceptors (Lipinski definition) is 6. The van der Waals surface area contributed by atoms with E-state index in [9.17, 15) is 19.2 Å². The van der Waals surface area contributed by atoms with E-state index in [4.69, 9.17) is 9.47 Å². The molecule has 1 aliphatic rings. The fraction of sp³-hybridized carbons (Fsp3) is 0.389. The predicted octanol–water partition coefficient (Wildman–Crippen LogP) is 3.77. The van der Waals surface area contributed by atoms with Gasteiger partial charge in [0.1, 0.15) is 36.8 Å². The van der Waals surface area contributed by atoms with E-state index in [0.29, 0.717) is 18.1 Å². The fourth-order valence-electron chi connectivity index (χ4n) is 5.14. The van der Waals surface area contributed by atoms with Gasteiger partial charge in [-0.1, -0.05) is 68.4 Å². The Kier molecular flexibility index (Phi) is 12.2. The molecule has 0 radical (unpaired) electrons. The molecular formula is C36H44N4O6. The minimum atomic E-state index is -1.02. The summed E-state index contributed by atoms with van der Waals surface area (Å²) in [6.07, 6.45) is 0.237. The zero-order valence-electron chi connectivity index (χ0n) is 27.0. The van der Waals surface area contributed by atoms with Crippen LogP contribution < -0.4 is 25.4 Å². The van der Waals surface area contributed by atoms with Gasteiger partial charge in [-0.05, 0) is 54.2 Å². The zero-order valence-corrected chi connectivity index (χ0v) is 27.0. The van der Waals surface area contributed by atoms with Crippen molar-refractivity contribution in [2.75, 3.05) is 33.4 Å². The van der Waals surface area contributed by atoms with Crippen LogP contribution in [0.1, 0.15) is 59.7 Å². The Balaban J connectivity index is 1.48. The van der Waals surface area contributed by atoms with Crippen LogP contribution in [0.4, 0.5) is 0 Å². The molecule has 0 saturated carbocycles. The van der Waals surface area contributed by atoms with E-state index in [1.54, 1.807) is 31.3 Å². The molecule has 0 fully saturated rings. The fourth-order valence-corrected chi connectivity index (χ4v) is 5.14. The van der Waals surface area contributed by atoms with E-state index < -0.39 is 29.8 Å². The largest absolute Gasteiger partial charge is 0.491 e. The average molecular weight is 629 g/mol. The topological polar surface area (TPSA) is 126 Å². The molecule has 46 heavy (non-hydrogen) atoms. The number of carbonyl (C=O) groups excluding carboxylic acids is 4. The van der Waals surface area contributed by atoms with Crippen molar-refractivity contribution in [2.24, 2.45) is 0 Å². The molecule has 0 saturated heterocycles. The second kappa shape index (κ2) is 16.5. The molecule has 4 rings (SSSR count). The van der Waals surface area contributed by atoms with Gasteiger partial charge >= 0.3 is 0 Å². The van der Waals surface area contributed by atoms with Gasteiger partial charge in [0.05, 0.1) is 18.7 Å². The maximum absolute atomic E-state index is 13.4. The molecule has 0 unspecified atom stereocenters. The Hall–Kier alpha value is -4.86. The molecule has 0 spiro atoms. The first-order valence-corrected chi connectivity index (χ1v) is 15.7. The van der Waals surface area contributed by atoms with Crippen LogP contribution in [0, 0.1) is 6.92 Å². The quantitative estimate of drug-likeness (QED) is 0.326. The zero-order chi connectivity index (χ0) is 33.1. The molecule has 3 N–H and O–H groups in total. The van der Waals surface area contributed by atoms with Crippen molar-refractivity contribution in [3.63, 3.8) is 0 Å². The Bertz CT molecular complexity index is 1510. The minimum Gasteiger partial charge on any atom is -0.491 e. The highest BCUT2D eigenvalue weighted by atomic mass is 16.5. The summed E-state index contributed by atoms with van der Waals surface area (Å²) in [5.74, 6) is -0.178. The van der Waals surface area contributed by atoms with Gasteiger partial charge in [-0.3, -0.25) is 19.2 Å². The third-order valence-corrected chi connectivity index (χ3v) is 7.93. The third kappa shape index (κ3) is 9.57. The number of nitrogens with one attached hydrogen (secondary N) is 3. The van der Waals surface area contributed by atoms with Gasteiger partial charge in [-0.2, -0.15) is 0 Å². The Morgan fingerprint density at radius 1 is 1.02 bits per heavy atom. The highest BCUT2D eigenvalue weighted by molar-refractivity contribution is 5.99. The molecule has 10 nitrogen and oxygen atoms in total. The maximum Gasteiger partial charge on any atom is 0.255 e. The summed E-state index contributed by atoms with van der Waals surface area (Å²) in [4.78, 5) is 54.9. The lowest BCUT2D eigenvalue weighted by Gasteiger charge is -2.25. The normalized spacial score (nSPS) is 17.9. The van der Waals surface area contributed by atoms with E-state index >= 15 is 0 Å². The molecule has 244 valence electrons. The Morgan fingerprint density at radius 3 is 2.52 bits per heavy atom. The van der Waals surface area contributed by atoms with Gasteiger partial charge in [-0.25, -0.2) is 0 Å². The van der Waals surface area contributed by atoms with E-state index in [0.717, 1.165) is 22.4 Å². The molecule has 0 aliphatic carbocycles. The highest BCUT2D eigenvalue weighted by Gasteiger charge is 2.28. The minimum absolute atomic E-state index is 0.0188. The van der Waals surface area contributed by atoms with Crippen LogP contribution in [0.5, 0.6) is 11.5 Å². The summed E-state index contributed by atoms with van der Waals surface area (Å²) in [6.45, 7) is 6.98. The second-order valence-electron chi connectivity index (χ2n) is 11.8. The Labute approximate surface area is 270 Å². The molecular weight excluding hydrogens is 584 g/mol. The van der Waals surface area contributed by atoms with Crippen LogP contribution in [0.25, 0.3) is 0 Å². The monoisotopic (exact) mass is 628 g/mol. The van der Waals surface area contributed by atoms with Crippen molar-refractivity contribution in [3.05, 3.63) is 95.1 Å². The van der Waals surface area contributed by atoms with Crippen LogP contribution in [-0.2, 0) is 20.8 Å². The number of nitrogens with zero attached hydrogens (tertiary/aromatic N) is 1. The predicted molar refractivity (Wildman–Crippen MR) is 176 cm³/mol. The molecule has 4 amide bonds. The SMILES string of the molecule is Cc1ccc(C(C)C)cc1OCCNC(=O)[C@@H]1CCC(=O)N[C@H](Cc2ccccc2)C(=O)N(C)CCOc2ccccc2C(=O)N1. The average Bonchev–Trinajstić information content (AvgIpc) is 3.05. The smallest absolute Gasteiger partial charge is 0.255 e. The lowest BCUT2D eigenvalue weighted by molar-refractivity contribution is -0.135. The summed E-state index contributed by atoms with van der Waals surface area (Å²) in [5, 5.41) is 8.48. The summed E-state index contributed by atoms with van der Waals surface area (Å²) in [6, 6.07) is 20.4. The number of amides is 4. The third-order valence-electron chi connectivity index (χ3n) is 7.93. The first kappa shape index (κ1) is 34.0. The second-order valence-corrected chi connectivity index (χ2v) is 11.8. The van der Waals surface area contributed by atoms with Crippen LogP contribution in [-0.4, -0.2) is 74.0 Å². The van der Waals surface area contributed by atoms with E-state index in [1.807, 2.05) is 49.4 Å². The van der Waals surface area contributed by atoms with Crippen LogP contribution >= 0.6 is 0 Å². The number of ether oxygens (including phenoxy) is 2. The van der Waals surface area contributed by atoms with E-state index in [2.05, 4.69) is 35.9 Å². The van der Waals surface area contributed by atoms with Crippen molar-refractivity contribution in [3.8, 4) is 11.5 Å². The molecule has 1 heterocycles. The van der Waals surface area contributed by atoms with Crippen LogP contribution in [0.3, 0.4) is 0 Å². The van der Waals surface area contributed by atoms with Crippen molar-refractivity contribution in [1.82, 2.24) is 20.9 Å². The number of rotatable bonds is 8. The van der Waals surface area contributed by atoms with Crippen molar-refractivity contribution in [1.29, 1.82) is 0 Å². The van der Waals surface area contributed by atoms with Gasteiger partial charge < -0.3 is 30.3 Å². The van der Waals surface area contributed by atoms with Gasteiger partial charge in [0, 0.05) is 19.9 Å². The van der Waals surface area contributed by atoms with Crippen LogP contribution in [0.15, 0.2) is 72.8 Å². The van der Waals surface area contributed by atoms with Gasteiger partial charge in [0.25, 0.3) is 5.91 Å². The summed E-state index contributed by atoms with van der Waals surface area (Å²) < 4.78 is 11.9. The van der Waals surface area contributed by atoms with E-state index in [1.165, 1.54) is 4.90 Å². The van der Waals surface area contributed by atoms with Crippen molar-refractivity contribution >= 4 is 23.6 Å². The van der Waals surface area contributed by atoms with Crippen LogP contribution in [0.2, 0.25) is 0 Å². The van der Waals surface area contributed by atoms with Gasteiger partial charge in [0.2, 0.25) is 17.7 Å². The molecule has 0 bridgehead atoms. The van der Waals surface area contributed by atoms with Gasteiger partial charge in [-0.15, -0.1) is 0 Å². The summed E-state index contributed by atoms with van der Waals surface area (Å²) in [7, 11) is 1.65. The highest BCUT2D eigenvalue weighted by Crippen LogP contribution is 2.24. The molecule has 3 aromatic rings. The number of aryl methyl sites for hydroxylation is 1. The first-order chi connectivity index (χ1) is 22.1. The number of benzene rings is 3. The van der Waals surface area contributed by atoms with Crippen molar-refractivity contribution < 1.29 is 28.7 Å². The lowest BCUT2D eigenvalue weighted by Crippen LogP contribution is -2.50. The number of likely N-dealkylation sites (N-methyl/N-ethyl adjacent to an activating group) is 1. The number of carbonyl (C=O) groups is 4. The molecule has 1 aliphatic heterocycles. The van der Waals surface area contributed by atoms with E-state index in [-0.39, 0.29) is 50.6 Å². The first-order valence-electron chi connectivity index (χ1n) is 15.7. The standard InChI is InChI=1S/C36H44N4O6/c1-24(2)27-15-14-25(3)32(23-27)45-20-18-37-35(43)29-16-17-33(41)38-30(22-26-10-6-5-7-11-26)36(44)40(4)19-21-46-31-13-9-8-12-28(31)34(42)39-29/h5-15,23-24,29-30H,16-22H2,1-4H3,(H,37,43)(H,38,41)(H,39,42)/t29-,30+/m0/s1. The molecule has 0 aromatic heterocycles. The summed E-state index contributed by atoms with van der Waals surface area (Å²) >= 11 is 0. The van der Waals surface area contributed by atoms with Gasteiger partial charge in [0.15, 0.2) is 0 Å². The van der Waals surface area contributed by atoms with Crippen molar-refractivity contribution in [2.45, 2.75) is 58.0 Å². The molecule has 2 atom stereocenters. The maximum atomic E-state index is 13.4. The number of fused-ring (bicyclic) bond motifs is 1. The Morgan fingerprint density at radius 2 is 1.76 bits per heavy atom. The molecule has 10 heteroatoms. The molecule has 3 aromatic carbocycles. The number of para-hydroxylation sites is 1. The number of hydrogen-bond donors (Lipinski definition) is 3.